The molecule has 20 heavy (non-hydrogen) atoms. The van der Waals surface area contributed by atoms with Gasteiger partial charge in [0.25, 0.3) is 0 Å². The second-order valence-corrected chi connectivity index (χ2v) is 5.49. The Morgan fingerprint density at radius 1 is 1.45 bits per heavy atom. The van der Waals surface area contributed by atoms with Crippen molar-refractivity contribution in [2.75, 3.05) is 18.5 Å². The number of nitrogens with zero attached hydrogens (tertiary/aromatic N) is 1. The van der Waals surface area contributed by atoms with E-state index in [1.165, 1.54) is 6.07 Å². The van der Waals surface area contributed by atoms with Crippen LogP contribution in [0.15, 0.2) is 18.2 Å². The third-order valence-electron chi connectivity index (χ3n) is 3.82. The van der Waals surface area contributed by atoms with Crippen molar-refractivity contribution < 1.29 is 13.2 Å². The molecule has 6 heteroatoms. The lowest BCUT2D eigenvalue weighted by molar-refractivity contribution is -0.137. The SMILES string of the molecule is CC1CC1CN(C)c1ccc(C(=N)N)c(C(F)(F)F)c1. The van der Waals surface area contributed by atoms with Crippen LogP contribution in [-0.4, -0.2) is 19.4 Å². The molecule has 0 heterocycles. The second kappa shape index (κ2) is 5.00. The fourth-order valence-electron chi connectivity index (χ4n) is 2.35. The molecule has 1 aliphatic rings. The first-order valence-corrected chi connectivity index (χ1v) is 6.47. The van der Waals surface area contributed by atoms with Gasteiger partial charge in [0.05, 0.1) is 5.56 Å². The van der Waals surface area contributed by atoms with Crippen LogP contribution in [0.2, 0.25) is 0 Å². The molecule has 0 aliphatic heterocycles. The van der Waals surface area contributed by atoms with Crippen molar-refractivity contribution in [2.45, 2.75) is 19.5 Å². The summed E-state index contributed by atoms with van der Waals surface area (Å²) in [5.41, 5.74) is 4.60. The molecular weight excluding hydrogens is 267 g/mol. The molecule has 3 nitrogen and oxygen atoms in total. The average Bonchev–Trinajstić information content (AvgIpc) is 3.02. The predicted molar refractivity (Wildman–Crippen MR) is 73.0 cm³/mol. The van der Waals surface area contributed by atoms with E-state index in [0.29, 0.717) is 17.5 Å². The number of nitrogen functional groups attached to an aromatic ring is 1. The topological polar surface area (TPSA) is 53.1 Å². The van der Waals surface area contributed by atoms with Crippen molar-refractivity contribution in [3.8, 4) is 0 Å². The summed E-state index contributed by atoms with van der Waals surface area (Å²) >= 11 is 0. The van der Waals surface area contributed by atoms with Crippen LogP contribution in [-0.2, 0) is 6.18 Å². The Morgan fingerprint density at radius 2 is 2.05 bits per heavy atom. The van der Waals surface area contributed by atoms with Gasteiger partial charge >= 0.3 is 6.18 Å². The van der Waals surface area contributed by atoms with Gasteiger partial charge in [0.15, 0.2) is 0 Å². The van der Waals surface area contributed by atoms with E-state index in [9.17, 15) is 13.2 Å². The molecule has 0 radical (unpaired) electrons. The molecule has 3 N–H and O–H groups in total. The van der Waals surface area contributed by atoms with Gasteiger partial charge in [-0.15, -0.1) is 0 Å². The van der Waals surface area contributed by atoms with Gasteiger partial charge in [0, 0.05) is 24.8 Å². The zero-order valence-corrected chi connectivity index (χ0v) is 11.5. The van der Waals surface area contributed by atoms with E-state index in [2.05, 4.69) is 6.92 Å². The minimum Gasteiger partial charge on any atom is -0.384 e. The van der Waals surface area contributed by atoms with Crippen molar-refractivity contribution in [1.82, 2.24) is 0 Å². The van der Waals surface area contributed by atoms with Gasteiger partial charge in [0.2, 0.25) is 0 Å². The van der Waals surface area contributed by atoms with Gasteiger partial charge in [-0.1, -0.05) is 6.92 Å². The first-order chi connectivity index (χ1) is 9.20. The summed E-state index contributed by atoms with van der Waals surface area (Å²) in [5.74, 6) is 0.639. The number of nitrogens with two attached hydrogens (primary N) is 1. The molecule has 2 atom stereocenters. The molecule has 1 aromatic rings. The lowest BCUT2D eigenvalue weighted by Crippen LogP contribution is -2.23. The number of hydrogen-bond acceptors (Lipinski definition) is 2. The molecule has 1 fully saturated rings. The van der Waals surface area contributed by atoms with E-state index >= 15 is 0 Å². The monoisotopic (exact) mass is 285 g/mol. The molecule has 0 amide bonds. The maximum Gasteiger partial charge on any atom is 0.417 e. The third-order valence-corrected chi connectivity index (χ3v) is 3.82. The molecule has 110 valence electrons. The van der Waals surface area contributed by atoms with Crippen LogP contribution in [0.1, 0.15) is 24.5 Å². The number of nitrogens with one attached hydrogen (secondary N) is 1. The van der Waals surface area contributed by atoms with Gasteiger partial charge in [-0.05, 0) is 36.5 Å². The molecule has 1 aromatic carbocycles. The van der Waals surface area contributed by atoms with Crippen LogP contribution in [0.3, 0.4) is 0 Å². The van der Waals surface area contributed by atoms with Gasteiger partial charge in [0.1, 0.15) is 5.84 Å². The van der Waals surface area contributed by atoms with Crippen molar-refractivity contribution >= 4 is 11.5 Å². The van der Waals surface area contributed by atoms with E-state index < -0.39 is 17.6 Å². The van der Waals surface area contributed by atoms with E-state index in [1.807, 2.05) is 4.90 Å². The fraction of sp³-hybridized carbons (Fsp3) is 0.500. The first-order valence-electron chi connectivity index (χ1n) is 6.47. The molecule has 0 aromatic heterocycles. The molecule has 0 saturated heterocycles. The summed E-state index contributed by atoms with van der Waals surface area (Å²) in [5, 5.41) is 7.25. The van der Waals surface area contributed by atoms with Crippen molar-refractivity contribution in [3.05, 3.63) is 29.3 Å². The summed E-state index contributed by atoms with van der Waals surface area (Å²) < 4.78 is 39.1. The van der Waals surface area contributed by atoms with Crippen molar-refractivity contribution in [2.24, 2.45) is 17.6 Å². The highest BCUT2D eigenvalue weighted by Crippen LogP contribution is 2.39. The van der Waals surface area contributed by atoms with Crippen LogP contribution in [0.25, 0.3) is 0 Å². The van der Waals surface area contributed by atoms with Gasteiger partial charge < -0.3 is 10.6 Å². The van der Waals surface area contributed by atoms with Crippen LogP contribution in [0.4, 0.5) is 18.9 Å². The van der Waals surface area contributed by atoms with Crippen LogP contribution < -0.4 is 10.6 Å². The van der Waals surface area contributed by atoms with E-state index in [1.54, 1.807) is 13.1 Å². The number of benzene rings is 1. The number of rotatable bonds is 4. The molecule has 2 rings (SSSR count). The number of alkyl halides is 3. The predicted octanol–water partition coefficient (Wildman–Crippen LogP) is 3.08. The summed E-state index contributed by atoms with van der Waals surface area (Å²) in [4.78, 5) is 1.83. The summed E-state index contributed by atoms with van der Waals surface area (Å²) in [6.07, 6.45) is -3.38. The highest BCUT2D eigenvalue weighted by Gasteiger charge is 2.36. The highest BCUT2D eigenvalue weighted by atomic mass is 19.4. The van der Waals surface area contributed by atoms with E-state index in [4.69, 9.17) is 11.1 Å². The van der Waals surface area contributed by atoms with Gasteiger partial charge in [-0.3, -0.25) is 5.41 Å². The Morgan fingerprint density at radius 3 is 2.50 bits per heavy atom. The van der Waals surface area contributed by atoms with Crippen LogP contribution in [0.5, 0.6) is 0 Å². The lowest BCUT2D eigenvalue weighted by Gasteiger charge is -2.22. The Hall–Kier alpha value is -1.72. The maximum absolute atomic E-state index is 13.0. The maximum atomic E-state index is 13.0. The molecule has 1 aliphatic carbocycles. The summed E-state index contributed by atoms with van der Waals surface area (Å²) in [6, 6.07) is 3.93. The molecular formula is C14H18F3N3. The molecule has 1 saturated carbocycles. The molecule has 0 spiro atoms. The zero-order chi connectivity index (χ0) is 15.1. The second-order valence-electron chi connectivity index (χ2n) is 5.49. The minimum atomic E-state index is -4.51. The Labute approximate surface area is 116 Å². The average molecular weight is 285 g/mol. The number of amidine groups is 1. The van der Waals surface area contributed by atoms with Crippen LogP contribution in [0, 0.1) is 17.2 Å². The Bertz CT molecular complexity index is 525. The first kappa shape index (κ1) is 14.7. The van der Waals surface area contributed by atoms with Gasteiger partial charge in [-0.25, -0.2) is 0 Å². The molecule has 2 unspecified atom stereocenters. The Kier molecular flexibility index (Phi) is 3.67. The summed E-state index contributed by atoms with van der Waals surface area (Å²) in [7, 11) is 1.79. The van der Waals surface area contributed by atoms with Crippen molar-refractivity contribution in [1.29, 1.82) is 5.41 Å². The Balaban J connectivity index is 2.29. The largest absolute Gasteiger partial charge is 0.417 e. The smallest absolute Gasteiger partial charge is 0.384 e. The lowest BCUT2D eigenvalue weighted by atomic mass is 10.0. The zero-order valence-electron chi connectivity index (χ0n) is 11.5. The quantitative estimate of drug-likeness (QED) is 0.660. The van der Waals surface area contributed by atoms with Gasteiger partial charge in [-0.2, -0.15) is 13.2 Å². The highest BCUT2D eigenvalue weighted by molar-refractivity contribution is 5.97. The third kappa shape index (κ3) is 3.05. The number of anilines is 1. The standard InChI is InChI=1S/C14H18F3N3/c1-8-5-9(8)7-20(2)10-3-4-11(13(18)19)12(6-10)14(15,16)17/h3-4,6,8-9H,5,7H2,1-2H3,(H3,18,19). The number of hydrogen-bond donors (Lipinski definition) is 2. The van der Waals surface area contributed by atoms with E-state index in [-0.39, 0.29) is 5.56 Å². The normalized spacial score (nSPS) is 21.6. The van der Waals surface area contributed by atoms with Crippen LogP contribution >= 0.6 is 0 Å². The van der Waals surface area contributed by atoms with E-state index in [0.717, 1.165) is 19.0 Å². The molecule has 0 bridgehead atoms. The number of halogens is 3. The van der Waals surface area contributed by atoms with Crippen molar-refractivity contribution in [3.63, 3.8) is 0 Å². The minimum absolute atomic E-state index is 0.269. The summed E-state index contributed by atoms with van der Waals surface area (Å²) in [6.45, 7) is 2.89. The fourth-order valence-corrected chi connectivity index (χ4v) is 2.35.